The van der Waals surface area contributed by atoms with Gasteiger partial charge in [-0.2, -0.15) is 0 Å². The average Bonchev–Trinajstić information content (AvgIpc) is 2.81. The van der Waals surface area contributed by atoms with Crippen molar-refractivity contribution in [1.82, 2.24) is 5.32 Å². The maximum absolute atomic E-state index is 5.78. The highest BCUT2D eigenvalue weighted by Gasteiger charge is 2.10. The van der Waals surface area contributed by atoms with Crippen LogP contribution < -0.4 is 11.1 Å². The third-order valence-electron chi connectivity index (χ3n) is 3.17. The lowest BCUT2D eigenvalue weighted by Gasteiger charge is -2.06. The average molecular weight is 371 g/mol. The lowest BCUT2D eigenvalue weighted by Crippen LogP contribution is -2.32. The molecule has 0 spiro atoms. The van der Waals surface area contributed by atoms with Crippen molar-refractivity contribution in [2.75, 3.05) is 6.54 Å². The van der Waals surface area contributed by atoms with Crippen molar-refractivity contribution in [2.45, 2.75) is 32.7 Å². The fraction of sp³-hybridized carbons (Fsp3) is 0.400. The molecule has 0 aliphatic heterocycles. The van der Waals surface area contributed by atoms with Crippen LogP contribution in [0.25, 0.3) is 0 Å². The summed E-state index contributed by atoms with van der Waals surface area (Å²) in [5, 5.41) is 3.03. The number of aryl methyl sites for hydroxylation is 2. The van der Waals surface area contributed by atoms with Gasteiger partial charge in [-0.25, -0.2) is 4.99 Å². The van der Waals surface area contributed by atoms with E-state index in [1.54, 1.807) is 0 Å². The van der Waals surface area contributed by atoms with Crippen molar-refractivity contribution >= 4 is 29.9 Å². The molecule has 0 amide bonds. The quantitative estimate of drug-likeness (QED) is 0.370. The van der Waals surface area contributed by atoms with Gasteiger partial charge in [-0.05, 0) is 42.9 Å². The number of rotatable bonds is 4. The summed E-state index contributed by atoms with van der Waals surface area (Å²) >= 11 is 0. The van der Waals surface area contributed by atoms with Crippen LogP contribution in [0.5, 0.6) is 0 Å². The molecule has 1 aliphatic carbocycles. The molecule has 0 unspecified atom stereocenters. The zero-order chi connectivity index (χ0) is 13.0. The largest absolute Gasteiger partial charge is 0.370 e. The molecule has 3 N–H and O–H groups in total. The Balaban J connectivity index is 0.00000180. The van der Waals surface area contributed by atoms with Crippen LogP contribution in [-0.4, -0.2) is 12.5 Å². The molecule has 3 nitrogen and oxygen atoms in total. The number of halogens is 1. The van der Waals surface area contributed by atoms with Gasteiger partial charge in [-0.3, -0.25) is 0 Å². The standard InChI is InChI=1S/C15H21N3.HI/c1-11(2)9-17-15(16)18-10-12-6-7-13-4-3-5-14(13)8-12;/h6-8H,1,3-5,9-10H2,2H3,(H3,16,17,18);1H. The third kappa shape index (κ3) is 4.86. The van der Waals surface area contributed by atoms with Gasteiger partial charge in [0.1, 0.15) is 0 Å². The second-order valence-corrected chi connectivity index (χ2v) is 4.97. The van der Waals surface area contributed by atoms with E-state index < -0.39 is 0 Å². The number of nitrogens with one attached hydrogen (secondary N) is 1. The first-order valence-electron chi connectivity index (χ1n) is 6.44. The Morgan fingerprint density at radius 3 is 2.84 bits per heavy atom. The van der Waals surface area contributed by atoms with E-state index in [9.17, 15) is 0 Å². The summed E-state index contributed by atoms with van der Waals surface area (Å²) in [4.78, 5) is 4.33. The second-order valence-electron chi connectivity index (χ2n) is 4.97. The number of benzene rings is 1. The van der Waals surface area contributed by atoms with E-state index in [0.29, 0.717) is 19.0 Å². The SMILES string of the molecule is C=C(C)CNC(N)=NCc1ccc2c(c1)CCC2.I. The van der Waals surface area contributed by atoms with Gasteiger partial charge < -0.3 is 11.1 Å². The van der Waals surface area contributed by atoms with Crippen molar-refractivity contribution in [3.8, 4) is 0 Å². The zero-order valence-electron chi connectivity index (χ0n) is 11.4. The fourth-order valence-electron chi connectivity index (χ4n) is 2.20. The highest BCUT2D eigenvalue weighted by molar-refractivity contribution is 14.0. The summed E-state index contributed by atoms with van der Waals surface area (Å²) in [7, 11) is 0. The van der Waals surface area contributed by atoms with Crippen LogP contribution in [0.3, 0.4) is 0 Å². The summed E-state index contributed by atoms with van der Waals surface area (Å²) in [6.45, 7) is 7.09. The van der Waals surface area contributed by atoms with Crippen LogP contribution >= 0.6 is 24.0 Å². The lowest BCUT2D eigenvalue weighted by molar-refractivity contribution is 0.911. The molecular formula is C15H22IN3. The fourth-order valence-corrected chi connectivity index (χ4v) is 2.20. The first kappa shape index (κ1) is 16.0. The molecule has 0 aromatic heterocycles. The van der Waals surface area contributed by atoms with Crippen LogP contribution in [0.2, 0.25) is 0 Å². The Morgan fingerprint density at radius 1 is 1.37 bits per heavy atom. The smallest absolute Gasteiger partial charge is 0.189 e. The van der Waals surface area contributed by atoms with Crippen molar-refractivity contribution in [1.29, 1.82) is 0 Å². The van der Waals surface area contributed by atoms with Crippen molar-refractivity contribution in [3.63, 3.8) is 0 Å². The first-order valence-corrected chi connectivity index (χ1v) is 6.44. The minimum Gasteiger partial charge on any atom is -0.370 e. The van der Waals surface area contributed by atoms with Crippen LogP contribution in [0, 0.1) is 0 Å². The molecule has 0 atom stereocenters. The molecule has 0 heterocycles. The van der Waals surface area contributed by atoms with E-state index >= 15 is 0 Å². The Labute approximate surface area is 132 Å². The Kier molecular flexibility index (Phi) is 6.34. The minimum absolute atomic E-state index is 0. The molecule has 0 saturated carbocycles. The van der Waals surface area contributed by atoms with Gasteiger partial charge in [0.25, 0.3) is 0 Å². The van der Waals surface area contributed by atoms with Gasteiger partial charge in [0.15, 0.2) is 5.96 Å². The number of fused-ring (bicyclic) bond motifs is 1. The lowest BCUT2D eigenvalue weighted by atomic mass is 10.1. The molecule has 0 saturated heterocycles. The van der Waals surface area contributed by atoms with Gasteiger partial charge in [0.05, 0.1) is 6.54 Å². The Hall–Kier alpha value is -1.04. The highest BCUT2D eigenvalue weighted by Crippen LogP contribution is 2.22. The summed E-state index contributed by atoms with van der Waals surface area (Å²) in [5.74, 6) is 0.485. The van der Waals surface area contributed by atoms with Crippen molar-refractivity contribution in [2.24, 2.45) is 10.7 Å². The van der Waals surface area contributed by atoms with Crippen LogP contribution in [0.4, 0.5) is 0 Å². The predicted molar refractivity (Wildman–Crippen MR) is 92.0 cm³/mol. The third-order valence-corrected chi connectivity index (χ3v) is 3.17. The van der Waals surface area contributed by atoms with Gasteiger partial charge in [0.2, 0.25) is 0 Å². The van der Waals surface area contributed by atoms with Crippen molar-refractivity contribution < 1.29 is 0 Å². The van der Waals surface area contributed by atoms with E-state index in [0.717, 1.165) is 5.57 Å². The highest BCUT2D eigenvalue weighted by atomic mass is 127. The summed E-state index contributed by atoms with van der Waals surface area (Å²) < 4.78 is 0. The number of nitrogens with two attached hydrogens (primary N) is 1. The molecule has 1 aromatic carbocycles. The van der Waals surface area contributed by atoms with E-state index in [2.05, 4.69) is 35.1 Å². The summed E-state index contributed by atoms with van der Waals surface area (Å²) in [6, 6.07) is 6.64. The van der Waals surface area contributed by atoms with Crippen LogP contribution in [0.15, 0.2) is 35.3 Å². The molecular weight excluding hydrogens is 349 g/mol. The van der Waals surface area contributed by atoms with E-state index in [1.807, 2.05) is 6.92 Å². The second kappa shape index (κ2) is 7.53. The van der Waals surface area contributed by atoms with Gasteiger partial charge in [0, 0.05) is 6.54 Å². The zero-order valence-corrected chi connectivity index (χ0v) is 13.7. The minimum atomic E-state index is 0. The maximum Gasteiger partial charge on any atom is 0.189 e. The molecule has 19 heavy (non-hydrogen) atoms. The Morgan fingerprint density at radius 2 is 2.11 bits per heavy atom. The van der Waals surface area contributed by atoms with Gasteiger partial charge in [-0.15, -0.1) is 24.0 Å². The number of nitrogens with zero attached hydrogens (tertiary/aromatic N) is 1. The molecule has 104 valence electrons. The monoisotopic (exact) mass is 371 g/mol. The number of guanidine groups is 1. The van der Waals surface area contributed by atoms with E-state index in [4.69, 9.17) is 5.73 Å². The van der Waals surface area contributed by atoms with Crippen LogP contribution in [-0.2, 0) is 19.4 Å². The van der Waals surface area contributed by atoms with Gasteiger partial charge >= 0.3 is 0 Å². The normalized spacial score (nSPS) is 13.6. The Bertz CT molecular complexity index is 480. The molecule has 2 rings (SSSR count). The maximum atomic E-state index is 5.78. The topological polar surface area (TPSA) is 50.4 Å². The summed E-state index contributed by atoms with van der Waals surface area (Å²) in [5.41, 5.74) is 11.0. The number of aliphatic imine (C=N–C) groups is 1. The molecule has 0 bridgehead atoms. The molecule has 4 heteroatoms. The molecule has 0 radical (unpaired) electrons. The number of hydrogen-bond acceptors (Lipinski definition) is 1. The van der Waals surface area contributed by atoms with Crippen LogP contribution in [0.1, 0.15) is 30.0 Å². The molecule has 0 fully saturated rings. The number of hydrogen-bond donors (Lipinski definition) is 2. The summed E-state index contributed by atoms with van der Waals surface area (Å²) in [6.07, 6.45) is 3.71. The predicted octanol–water partition coefficient (Wildman–Crippen LogP) is 2.77. The van der Waals surface area contributed by atoms with E-state index in [-0.39, 0.29) is 24.0 Å². The van der Waals surface area contributed by atoms with Gasteiger partial charge in [-0.1, -0.05) is 30.4 Å². The molecule has 1 aromatic rings. The first-order chi connectivity index (χ1) is 8.65. The van der Waals surface area contributed by atoms with E-state index in [1.165, 1.54) is 36.0 Å². The van der Waals surface area contributed by atoms with Crippen molar-refractivity contribution in [3.05, 3.63) is 47.0 Å². The molecule has 1 aliphatic rings.